The molecule has 0 spiro atoms. The largest absolute Gasteiger partial charge is 0.346 e. The molecule has 3 heteroatoms. The van der Waals surface area contributed by atoms with Gasteiger partial charge in [0.1, 0.15) is 10.5 Å². The van der Waals surface area contributed by atoms with Crippen LogP contribution in [0.25, 0.3) is 22.0 Å². The van der Waals surface area contributed by atoms with Gasteiger partial charge in [-0.2, -0.15) is 0 Å². The van der Waals surface area contributed by atoms with Gasteiger partial charge in [0.05, 0.1) is 0 Å². The molecule has 94 valence electrons. The first-order valence-corrected chi connectivity index (χ1v) is 6.45. The number of hydrogen-bond acceptors (Lipinski definition) is 1. The quantitative estimate of drug-likeness (QED) is 0.614. The smallest absolute Gasteiger partial charge is 0.123 e. The maximum Gasteiger partial charge on any atom is 0.123 e. The average molecular weight is 269 g/mol. The molecule has 2 aromatic carbocycles. The van der Waals surface area contributed by atoms with Crippen molar-refractivity contribution in [3.63, 3.8) is 0 Å². The second-order valence-electron chi connectivity index (χ2n) is 4.51. The summed E-state index contributed by atoms with van der Waals surface area (Å²) >= 11 is 5.43. The number of H-pyrrole nitrogens is 1. The molecule has 0 bridgehead atoms. The first-order chi connectivity index (χ1) is 9.16. The highest BCUT2D eigenvalue weighted by Crippen LogP contribution is 2.29. The molecule has 1 nitrogen and oxygen atoms in total. The van der Waals surface area contributed by atoms with E-state index in [0.717, 1.165) is 27.6 Å². The molecule has 0 amide bonds. The van der Waals surface area contributed by atoms with Gasteiger partial charge in [-0.1, -0.05) is 42.5 Å². The van der Waals surface area contributed by atoms with Crippen LogP contribution >= 0.6 is 12.2 Å². The van der Waals surface area contributed by atoms with Crippen molar-refractivity contribution in [1.82, 2.24) is 4.98 Å². The van der Waals surface area contributed by atoms with Crippen molar-refractivity contribution in [2.45, 2.75) is 6.92 Å². The van der Waals surface area contributed by atoms with Crippen molar-refractivity contribution in [3.05, 3.63) is 64.6 Å². The van der Waals surface area contributed by atoms with Gasteiger partial charge in [-0.25, -0.2) is 4.39 Å². The van der Waals surface area contributed by atoms with Crippen LogP contribution in [0.3, 0.4) is 0 Å². The Morgan fingerprint density at radius 2 is 1.68 bits per heavy atom. The van der Waals surface area contributed by atoms with E-state index in [1.54, 1.807) is 12.1 Å². The van der Waals surface area contributed by atoms with Crippen molar-refractivity contribution in [2.75, 3.05) is 0 Å². The molecule has 19 heavy (non-hydrogen) atoms. The fourth-order valence-electron chi connectivity index (χ4n) is 2.37. The van der Waals surface area contributed by atoms with Gasteiger partial charge in [0.25, 0.3) is 0 Å². The van der Waals surface area contributed by atoms with E-state index < -0.39 is 0 Å². The Morgan fingerprint density at radius 1 is 1.00 bits per heavy atom. The highest BCUT2D eigenvalue weighted by Gasteiger charge is 2.08. The lowest BCUT2D eigenvalue weighted by atomic mass is 9.99. The van der Waals surface area contributed by atoms with E-state index in [4.69, 9.17) is 12.2 Å². The fraction of sp³-hybridized carbons (Fsp3) is 0.0625. The molecule has 0 saturated carbocycles. The van der Waals surface area contributed by atoms with Crippen LogP contribution in [0.1, 0.15) is 5.56 Å². The van der Waals surface area contributed by atoms with Crippen LogP contribution in [0, 0.1) is 17.4 Å². The molecular formula is C16H12FNS. The van der Waals surface area contributed by atoms with Gasteiger partial charge in [0.2, 0.25) is 0 Å². The van der Waals surface area contributed by atoms with E-state index in [9.17, 15) is 4.39 Å². The summed E-state index contributed by atoms with van der Waals surface area (Å²) in [4.78, 5) is 3.23. The second kappa shape index (κ2) is 4.59. The molecule has 0 aliphatic heterocycles. The van der Waals surface area contributed by atoms with Crippen LogP contribution in [-0.4, -0.2) is 4.98 Å². The van der Waals surface area contributed by atoms with Gasteiger partial charge in [0, 0.05) is 16.5 Å². The second-order valence-corrected chi connectivity index (χ2v) is 4.91. The minimum absolute atomic E-state index is 0.239. The Bertz CT molecular complexity index is 803. The van der Waals surface area contributed by atoms with E-state index in [-0.39, 0.29) is 5.82 Å². The van der Waals surface area contributed by atoms with E-state index in [0.29, 0.717) is 4.64 Å². The number of para-hydroxylation sites is 1. The molecule has 0 atom stereocenters. The maximum atomic E-state index is 13.0. The van der Waals surface area contributed by atoms with Gasteiger partial charge >= 0.3 is 0 Å². The van der Waals surface area contributed by atoms with Crippen LogP contribution in [0.2, 0.25) is 0 Å². The molecule has 0 saturated heterocycles. The summed E-state index contributed by atoms with van der Waals surface area (Å²) in [6.07, 6.45) is 0. The summed E-state index contributed by atoms with van der Waals surface area (Å²) in [5.74, 6) is -0.239. The Labute approximate surface area is 115 Å². The number of aromatic amines is 1. The number of pyridine rings is 1. The zero-order valence-corrected chi connectivity index (χ0v) is 11.2. The number of aryl methyl sites for hydroxylation is 1. The summed E-state index contributed by atoms with van der Waals surface area (Å²) in [5, 5.41) is 1.13. The van der Waals surface area contributed by atoms with Crippen LogP contribution < -0.4 is 0 Å². The summed E-state index contributed by atoms with van der Waals surface area (Å²) in [7, 11) is 0. The van der Waals surface area contributed by atoms with Gasteiger partial charge in [-0.3, -0.25) is 0 Å². The summed E-state index contributed by atoms with van der Waals surface area (Å²) < 4.78 is 13.7. The predicted octanol–water partition coefficient (Wildman–Crippen LogP) is 5.01. The van der Waals surface area contributed by atoms with E-state index in [2.05, 4.69) is 11.1 Å². The Morgan fingerprint density at radius 3 is 2.42 bits per heavy atom. The highest BCUT2D eigenvalue weighted by atomic mass is 32.1. The van der Waals surface area contributed by atoms with Crippen molar-refractivity contribution in [2.24, 2.45) is 0 Å². The molecule has 0 unspecified atom stereocenters. The topological polar surface area (TPSA) is 15.8 Å². The standard InChI is InChI=1S/C16H12FNS/c1-10-13-4-2-3-5-14(13)18-16(19)15(10)11-6-8-12(17)9-7-11/h2-9H,1H3,(H,18,19). The number of fused-ring (bicyclic) bond motifs is 1. The molecule has 0 radical (unpaired) electrons. The third kappa shape index (κ3) is 2.06. The Hall–Kier alpha value is -2.00. The number of halogens is 1. The molecule has 1 aromatic heterocycles. The zero-order chi connectivity index (χ0) is 13.4. The molecule has 0 fully saturated rings. The Balaban J connectivity index is 2.35. The number of hydrogen-bond donors (Lipinski definition) is 1. The van der Waals surface area contributed by atoms with E-state index >= 15 is 0 Å². The Kier molecular flexibility index (Phi) is 2.91. The number of rotatable bonds is 1. The molecule has 0 aliphatic carbocycles. The summed E-state index contributed by atoms with van der Waals surface area (Å²) in [6.45, 7) is 2.05. The predicted molar refractivity (Wildman–Crippen MR) is 79.3 cm³/mol. The average Bonchev–Trinajstić information content (AvgIpc) is 2.41. The van der Waals surface area contributed by atoms with Crippen molar-refractivity contribution in [3.8, 4) is 11.1 Å². The monoisotopic (exact) mass is 269 g/mol. The molecule has 0 aliphatic rings. The van der Waals surface area contributed by atoms with Gasteiger partial charge in [-0.05, 0) is 36.2 Å². The maximum absolute atomic E-state index is 13.0. The normalized spacial score (nSPS) is 10.8. The van der Waals surface area contributed by atoms with E-state index in [1.165, 1.54) is 12.1 Å². The van der Waals surface area contributed by atoms with Gasteiger partial charge in [-0.15, -0.1) is 0 Å². The summed E-state index contributed by atoms with van der Waals surface area (Å²) in [6, 6.07) is 14.5. The lowest BCUT2D eigenvalue weighted by Crippen LogP contribution is -1.91. The third-order valence-corrected chi connectivity index (χ3v) is 3.62. The number of aromatic nitrogens is 1. The first-order valence-electron chi connectivity index (χ1n) is 6.04. The third-order valence-electron chi connectivity index (χ3n) is 3.31. The van der Waals surface area contributed by atoms with Gasteiger partial charge in [0.15, 0.2) is 0 Å². The lowest BCUT2D eigenvalue weighted by Gasteiger charge is -2.10. The molecule has 3 rings (SSSR count). The minimum Gasteiger partial charge on any atom is -0.346 e. The van der Waals surface area contributed by atoms with Crippen LogP contribution in [0.4, 0.5) is 4.39 Å². The number of nitrogens with one attached hydrogen (secondary N) is 1. The highest BCUT2D eigenvalue weighted by molar-refractivity contribution is 7.71. The van der Waals surface area contributed by atoms with Crippen LogP contribution in [-0.2, 0) is 0 Å². The lowest BCUT2D eigenvalue weighted by molar-refractivity contribution is 0.628. The first kappa shape index (κ1) is 12.1. The number of benzene rings is 2. The molecule has 1 N–H and O–H groups in total. The minimum atomic E-state index is -0.239. The summed E-state index contributed by atoms with van der Waals surface area (Å²) in [5.41, 5.74) is 4.04. The van der Waals surface area contributed by atoms with E-state index in [1.807, 2.05) is 25.1 Å². The van der Waals surface area contributed by atoms with Crippen LogP contribution in [0.15, 0.2) is 48.5 Å². The zero-order valence-electron chi connectivity index (χ0n) is 10.4. The molecular weight excluding hydrogens is 257 g/mol. The molecule has 3 aromatic rings. The van der Waals surface area contributed by atoms with Crippen molar-refractivity contribution >= 4 is 23.1 Å². The van der Waals surface area contributed by atoms with Gasteiger partial charge < -0.3 is 4.98 Å². The van der Waals surface area contributed by atoms with Crippen molar-refractivity contribution in [1.29, 1.82) is 0 Å². The van der Waals surface area contributed by atoms with Crippen molar-refractivity contribution < 1.29 is 4.39 Å². The fourth-order valence-corrected chi connectivity index (χ4v) is 2.75. The van der Waals surface area contributed by atoms with Crippen LogP contribution in [0.5, 0.6) is 0 Å². The SMILES string of the molecule is Cc1c(-c2ccc(F)cc2)c(=S)[nH]c2ccccc12. The molecule has 1 heterocycles.